The molecular weight excluding hydrogens is 314 g/mol. The Bertz CT molecular complexity index is 665. The van der Waals surface area contributed by atoms with E-state index in [1.165, 1.54) is 11.3 Å². The summed E-state index contributed by atoms with van der Waals surface area (Å²) in [6.45, 7) is 7.30. The largest absolute Gasteiger partial charge is 0.450 e. The molecule has 1 fully saturated rings. The lowest BCUT2D eigenvalue weighted by atomic mass is 10.2. The van der Waals surface area contributed by atoms with Crippen LogP contribution in [-0.4, -0.2) is 43.8 Å². The first-order valence-corrected chi connectivity index (χ1v) is 8.79. The summed E-state index contributed by atoms with van der Waals surface area (Å²) in [4.78, 5) is 16.3. The van der Waals surface area contributed by atoms with Crippen molar-refractivity contribution in [1.29, 1.82) is 0 Å². The van der Waals surface area contributed by atoms with Gasteiger partial charge in [-0.1, -0.05) is 30.3 Å². The molecule has 0 unspecified atom stereocenters. The van der Waals surface area contributed by atoms with Gasteiger partial charge in [-0.05, 0) is 36.8 Å². The molecule has 1 saturated heterocycles. The highest BCUT2D eigenvalue weighted by atomic mass is 16.5. The van der Waals surface area contributed by atoms with Crippen LogP contribution in [0.3, 0.4) is 0 Å². The number of carbonyl (C=O) groups excluding carboxylic acids is 1. The molecule has 25 heavy (non-hydrogen) atoms. The molecule has 1 aliphatic heterocycles. The first-order valence-electron chi connectivity index (χ1n) is 8.79. The molecule has 1 amide bonds. The zero-order chi connectivity index (χ0) is 17.5. The van der Waals surface area contributed by atoms with Crippen molar-refractivity contribution < 1.29 is 9.53 Å². The van der Waals surface area contributed by atoms with E-state index in [9.17, 15) is 4.79 Å². The van der Waals surface area contributed by atoms with Crippen molar-refractivity contribution in [2.45, 2.75) is 13.5 Å². The molecule has 0 atom stereocenters. The number of piperazine rings is 1. The zero-order valence-corrected chi connectivity index (χ0v) is 14.6. The quantitative estimate of drug-likeness (QED) is 0.904. The van der Waals surface area contributed by atoms with Gasteiger partial charge in [-0.25, -0.2) is 4.79 Å². The Morgan fingerprint density at radius 1 is 1.00 bits per heavy atom. The standard InChI is InChI=1S/C20H25N3O2/c1-2-25-20(24)21-18-8-10-19(11-9-18)23-14-12-22(13-15-23)16-17-6-4-3-5-7-17/h3-11H,2,12-16H2,1H3,(H,21,24). The van der Waals surface area contributed by atoms with E-state index in [1.54, 1.807) is 6.92 Å². The Labute approximate surface area is 149 Å². The fourth-order valence-corrected chi connectivity index (χ4v) is 3.05. The van der Waals surface area contributed by atoms with E-state index in [1.807, 2.05) is 12.1 Å². The minimum atomic E-state index is -0.412. The second-order valence-electron chi connectivity index (χ2n) is 6.14. The second kappa shape index (κ2) is 8.53. The van der Waals surface area contributed by atoms with Crippen LogP contribution in [0, 0.1) is 0 Å². The number of carbonyl (C=O) groups is 1. The number of benzene rings is 2. The normalized spacial score (nSPS) is 15.0. The molecule has 0 bridgehead atoms. The van der Waals surface area contributed by atoms with Gasteiger partial charge < -0.3 is 9.64 Å². The smallest absolute Gasteiger partial charge is 0.411 e. The van der Waals surface area contributed by atoms with E-state index in [2.05, 4.69) is 57.6 Å². The number of hydrogen-bond donors (Lipinski definition) is 1. The van der Waals surface area contributed by atoms with Crippen LogP contribution in [0.2, 0.25) is 0 Å². The molecule has 1 N–H and O–H groups in total. The Morgan fingerprint density at radius 3 is 2.32 bits per heavy atom. The van der Waals surface area contributed by atoms with E-state index in [0.717, 1.165) is 38.4 Å². The minimum Gasteiger partial charge on any atom is -0.450 e. The summed E-state index contributed by atoms with van der Waals surface area (Å²) in [5, 5.41) is 2.72. The third kappa shape index (κ3) is 4.97. The number of rotatable bonds is 5. The van der Waals surface area contributed by atoms with Gasteiger partial charge in [0.15, 0.2) is 0 Å². The van der Waals surface area contributed by atoms with E-state index >= 15 is 0 Å². The first-order chi connectivity index (χ1) is 12.2. The van der Waals surface area contributed by atoms with Crippen LogP contribution < -0.4 is 10.2 Å². The highest BCUT2D eigenvalue weighted by Gasteiger charge is 2.17. The Balaban J connectivity index is 1.50. The molecule has 5 heteroatoms. The molecule has 0 radical (unpaired) electrons. The highest BCUT2D eigenvalue weighted by molar-refractivity contribution is 5.84. The predicted molar refractivity (Wildman–Crippen MR) is 101 cm³/mol. The first kappa shape index (κ1) is 17.3. The Kier molecular flexibility index (Phi) is 5.90. The average Bonchev–Trinajstić information content (AvgIpc) is 2.64. The van der Waals surface area contributed by atoms with Gasteiger partial charge in [-0.3, -0.25) is 10.2 Å². The van der Waals surface area contributed by atoms with Crippen molar-refractivity contribution in [3.8, 4) is 0 Å². The molecule has 132 valence electrons. The molecule has 1 aliphatic rings. The summed E-state index contributed by atoms with van der Waals surface area (Å²) < 4.78 is 4.89. The number of nitrogens with one attached hydrogen (secondary N) is 1. The second-order valence-corrected chi connectivity index (χ2v) is 6.14. The Hall–Kier alpha value is -2.53. The maximum Gasteiger partial charge on any atom is 0.411 e. The fraction of sp³-hybridized carbons (Fsp3) is 0.350. The third-order valence-corrected chi connectivity index (χ3v) is 4.38. The van der Waals surface area contributed by atoms with Crippen LogP contribution in [0.4, 0.5) is 16.2 Å². The predicted octanol–water partition coefficient (Wildman–Crippen LogP) is 3.58. The fourth-order valence-electron chi connectivity index (χ4n) is 3.05. The number of nitrogens with zero attached hydrogens (tertiary/aromatic N) is 2. The molecule has 2 aromatic rings. The maximum atomic E-state index is 11.4. The van der Waals surface area contributed by atoms with E-state index < -0.39 is 6.09 Å². The lowest BCUT2D eigenvalue weighted by molar-refractivity contribution is 0.168. The van der Waals surface area contributed by atoms with Gasteiger partial charge in [0, 0.05) is 44.1 Å². The average molecular weight is 339 g/mol. The maximum absolute atomic E-state index is 11.4. The molecule has 3 rings (SSSR count). The molecule has 0 aliphatic carbocycles. The topological polar surface area (TPSA) is 44.8 Å². The molecule has 0 spiro atoms. The van der Waals surface area contributed by atoms with Gasteiger partial charge in [-0.2, -0.15) is 0 Å². The van der Waals surface area contributed by atoms with Gasteiger partial charge in [0.1, 0.15) is 0 Å². The number of amides is 1. The zero-order valence-electron chi connectivity index (χ0n) is 14.6. The lowest BCUT2D eigenvalue weighted by Crippen LogP contribution is -2.45. The summed E-state index contributed by atoms with van der Waals surface area (Å²) in [7, 11) is 0. The molecule has 2 aromatic carbocycles. The van der Waals surface area contributed by atoms with Crippen LogP contribution in [0.1, 0.15) is 12.5 Å². The van der Waals surface area contributed by atoms with Crippen LogP contribution in [-0.2, 0) is 11.3 Å². The Morgan fingerprint density at radius 2 is 1.68 bits per heavy atom. The van der Waals surface area contributed by atoms with Crippen molar-refractivity contribution in [3.63, 3.8) is 0 Å². The van der Waals surface area contributed by atoms with Crippen molar-refractivity contribution in [3.05, 3.63) is 60.2 Å². The number of ether oxygens (including phenoxy) is 1. The van der Waals surface area contributed by atoms with Crippen molar-refractivity contribution in [2.75, 3.05) is 43.0 Å². The molecule has 1 heterocycles. The van der Waals surface area contributed by atoms with Gasteiger partial charge >= 0.3 is 6.09 Å². The van der Waals surface area contributed by atoms with Crippen molar-refractivity contribution in [2.24, 2.45) is 0 Å². The van der Waals surface area contributed by atoms with Crippen molar-refractivity contribution >= 4 is 17.5 Å². The third-order valence-electron chi connectivity index (χ3n) is 4.38. The highest BCUT2D eigenvalue weighted by Crippen LogP contribution is 2.20. The van der Waals surface area contributed by atoms with Gasteiger partial charge in [0.05, 0.1) is 6.61 Å². The number of anilines is 2. The molecular formula is C20H25N3O2. The minimum absolute atomic E-state index is 0.372. The van der Waals surface area contributed by atoms with Gasteiger partial charge in [0.2, 0.25) is 0 Å². The van der Waals surface area contributed by atoms with Crippen LogP contribution in [0.25, 0.3) is 0 Å². The summed E-state index contributed by atoms with van der Waals surface area (Å²) in [6, 6.07) is 18.5. The van der Waals surface area contributed by atoms with Crippen LogP contribution in [0.15, 0.2) is 54.6 Å². The summed E-state index contributed by atoms with van der Waals surface area (Å²) >= 11 is 0. The van der Waals surface area contributed by atoms with Gasteiger partial charge in [-0.15, -0.1) is 0 Å². The summed E-state index contributed by atoms with van der Waals surface area (Å²) in [6.07, 6.45) is -0.412. The molecule has 5 nitrogen and oxygen atoms in total. The van der Waals surface area contributed by atoms with Crippen LogP contribution >= 0.6 is 0 Å². The molecule has 0 saturated carbocycles. The van der Waals surface area contributed by atoms with E-state index in [0.29, 0.717) is 6.61 Å². The van der Waals surface area contributed by atoms with E-state index in [-0.39, 0.29) is 0 Å². The van der Waals surface area contributed by atoms with E-state index in [4.69, 9.17) is 4.74 Å². The number of hydrogen-bond acceptors (Lipinski definition) is 4. The van der Waals surface area contributed by atoms with Crippen molar-refractivity contribution in [1.82, 2.24) is 4.90 Å². The monoisotopic (exact) mass is 339 g/mol. The molecule has 0 aromatic heterocycles. The summed E-state index contributed by atoms with van der Waals surface area (Å²) in [5.74, 6) is 0. The van der Waals surface area contributed by atoms with Gasteiger partial charge in [0.25, 0.3) is 0 Å². The summed E-state index contributed by atoms with van der Waals surface area (Å²) in [5.41, 5.74) is 3.31. The SMILES string of the molecule is CCOC(=O)Nc1ccc(N2CCN(Cc3ccccc3)CC2)cc1. The van der Waals surface area contributed by atoms with Crippen LogP contribution in [0.5, 0.6) is 0 Å². The lowest BCUT2D eigenvalue weighted by Gasteiger charge is -2.36.